The van der Waals surface area contributed by atoms with Gasteiger partial charge in [-0.25, -0.2) is 0 Å². The van der Waals surface area contributed by atoms with Crippen molar-refractivity contribution in [2.24, 2.45) is 0 Å². The zero-order valence-corrected chi connectivity index (χ0v) is 16.8. The Morgan fingerprint density at radius 3 is 3.00 bits per heavy atom. The van der Waals surface area contributed by atoms with Gasteiger partial charge in [0.25, 0.3) is 0 Å². The van der Waals surface area contributed by atoms with Crippen LogP contribution in [0.2, 0.25) is 0 Å². The molecular weight excluding hydrogens is 374 g/mol. The number of carbonyl (C=O) groups excluding carboxylic acids is 1. The van der Waals surface area contributed by atoms with Crippen LogP contribution in [-0.2, 0) is 23.5 Å². The van der Waals surface area contributed by atoms with E-state index in [9.17, 15) is 9.90 Å². The highest BCUT2D eigenvalue weighted by atomic mass is 32.2. The molecule has 6 nitrogen and oxygen atoms in total. The first-order valence-electron chi connectivity index (χ1n) is 9.60. The summed E-state index contributed by atoms with van der Waals surface area (Å²) in [6.45, 7) is 3.42. The number of thioether (sulfide) groups is 1. The molecule has 1 aliphatic rings. The van der Waals surface area contributed by atoms with Crippen molar-refractivity contribution in [2.75, 3.05) is 25.4 Å². The fourth-order valence-electron chi connectivity index (χ4n) is 3.11. The second-order valence-electron chi connectivity index (χ2n) is 6.89. The predicted octanol–water partition coefficient (Wildman–Crippen LogP) is 3.30. The number of furan rings is 1. The Morgan fingerprint density at radius 1 is 1.36 bits per heavy atom. The van der Waals surface area contributed by atoms with Gasteiger partial charge in [-0.15, -0.1) is 11.8 Å². The van der Waals surface area contributed by atoms with E-state index >= 15 is 0 Å². The normalized spacial score (nSPS) is 15.1. The standard InChI is InChI=1S/C21H27N3O3S/c25-19(13-23-21(26)16-28-15-20-4-3-11-27-20)6-5-18-12-17(7-8-22-18)14-24-9-1-2-10-24/h3-4,6-8,11-12,25H,1-2,5,9-10,13-16H2,(H,23,26). The molecule has 0 aliphatic carbocycles. The molecule has 150 valence electrons. The molecule has 2 N–H and O–H groups in total. The summed E-state index contributed by atoms with van der Waals surface area (Å²) >= 11 is 1.47. The first-order chi connectivity index (χ1) is 13.7. The van der Waals surface area contributed by atoms with Gasteiger partial charge in [-0.3, -0.25) is 14.7 Å². The number of hydrogen-bond acceptors (Lipinski definition) is 6. The lowest BCUT2D eigenvalue weighted by Crippen LogP contribution is -2.27. The van der Waals surface area contributed by atoms with Crippen LogP contribution in [-0.4, -0.2) is 46.3 Å². The van der Waals surface area contributed by atoms with Crippen molar-refractivity contribution in [3.63, 3.8) is 0 Å². The molecule has 2 aromatic heterocycles. The van der Waals surface area contributed by atoms with Crippen molar-refractivity contribution < 1.29 is 14.3 Å². The monoisotopic (exact) mass is 401 g/mol. The summed E-state index contributed by atoms with van der Waals surface area (Å²) < 4.78 is 5.22. The van der Waals surface area contributed by atoms with Crippen molar-refractivity contribution in [1.29, 1.82) is 0 Å². The molecule has 0 bridgehead atoms. The molecule has 3 heterocycles. The zero-order chi connectivity index (χ0) is 19.6. The lowest BCUT2D eigenvalue weighted by Gasteiger charge is -2.14. The van der Waals surface area contributed by atoms with Crippen molar-refractivity contribution in [2.45, 2.75) is 31.6 Å². The Balaban J connectivity index is 1.37. The number of aliphatic hydroxyl groups is 1. The Labute approximate surface area is 170 Å². The van der Waals surface area contributed by atoms with Gasteiger partial charge >= 0.3 is 0 Å². The van der Waals surface area contributed by atoms with Crippen molar-refractivity contribution in [3.05, 3.63) is 65.6 Å². The molecule has 1 amide bonds. The number of hydrogen-bond donors (Lipinski definition) is 2. The number of pyridine rings is 1. The van der Waals surface area contributed by atoms with Crippen LogP contribution in [0.1, 0.15) is 29.9 Å². The Kier molecular flexibility index (Phi) is 7.99. The van der Waals surface area contributed by atoms with Gasteiger partial charge in [-0.1, -0.05) is 0 Å². The van der Waals surface area contributed by atoms with E-state index in [1.54, 1.807) is 12.3 Å². The SMILES string of the molecule is O=C(CSCc1ccco1)NCC(O)=CCc1cc(CN2CCCC2)ccn1. The zero-order valence-electron chi connectivity index (χ0n) is 16.0. The van der Waals surface area contributed by atoms with E-state index in [2.05, 4.69) is 21.3 Å². The summed E-state index contributed by atoms with van der Waals surface area (Å²) in [5.41, 5.74) is 2.17. The smallest absolute Gasteiger partial charge is 0.230 e. The Bertz CT molecular complexity index is 771. The maximum atomic E-state index is 11.8. The summed E-state index contributed by atoms with van der Waals surface area (Å²) in [7, 11) is 0. The van der Waals surface area contributed by atoms with Crippen LogP contribution in [0.25, 0.3) is 0 Å². The van der Waals surface area contributed by atoms with E-state index in [-0.39, 0.29) is 18.2 Å². The van der Waals surface area contributed by atoms with Gasteiger partial charge in [-0.05, 0) is 61.8 Å². The van der Waals surface area contributed by atoms with E-state index in [0.29, 0.717) is 17.9 Å². The third-order valence-corrected chi connectivity index (χ3v) is 5.51. The Morgan fingerprint density at radius 2 is 2.21 bits per heavy atom. The molecule has 1 aliphatic heterocycles. The molecule has 0 atom stereocenters. The van der Waals surface area contributed by atoms with Crippen LogP contribution >= 0.6 is 11.8 Å². The number of nitrogens with one attached hydrogen (secondary N) is 1. The molecule has 3 rings (SSSR count). The highest BCUT2D eigenvalue weighted by molar-refractivity contribution is 7.99. The van der Waals surface area contributed by atoms with Crippen molar-refractivity contribution >= 4 is 17.7 Å². The lowest BCUT2D eigenvalue weighted by molar-refractivity contribution is -0.118. The summed E-state index contributed by atoms with van der Waals surface area (Å²) in [6.07, 6.45) is 8.25. The highest BCUT2D eigenvalue weighted by Gasteiger charge is 2.12. The first kappa shape index (κ1) is 20.5. The molecule has 7 heteroatoms. The first-order valence-corrected chi connectivity index (χ1v) is 10.8. The van der Waals surface area contributed by atoms with E-state index < -0.39 is 0 Å². The number of allylic oxidation sites excluding steroid dienone is 1. The van der Waals surface area contributed by atoms with Gasteiger partial charge in [0.2, 0.25) is 5.91 Å². The quantitative estimate of drug-likeness (QED) is 0.595. The molecule has 1 fully saturated rings. The average Bonchev–Trinajstić information content (AvgIpc) is 3.39. The summed E-state index contributed by atoms with van der Waals surface area (Å²) in [5, 5.41) is 12.7. The number of rotatable bonds is 10. The van der Waals surface area contributed by atoms with Crippen LogP contribution in [0.15, 0.2) is 53.0 Å². The lowest BCUT2D eigenvalue weighted by atomic mass is 10.1. The minimum atomic E-state index is -0.109. The van der Waals surface area contributed by atoms with Gasteiger partial charge in [0.1, 0.15) is 11.5 Å². The molecule has 1 saturated heterocycles. The summed E-state index contributed by atoms with van der Waals surface area (Å²) in [5.74, 6) is 1.87. The summed E-state index contributed by atoms with van der Waals surface area (Å²) in [6, 6.07) is 7.85. The second kappa shape index (κ2) is 10.9. The van der Waals surface area contributed by atoms with E-state index in [1.807, 2.05) is 24.4 Å². The molecule has 0 spiro atoms. The summed E-state index contributed by atoms with van der Waals surface area (Å²) in [4.78, 5) is 18.7. The third-order valence-electron chi connectivity index (χ3n) is 4.56. The predicted molar refractivity (Wildman–Crippen MR) is 111 cm³/mol. The maximum Gasteiger partial charge on any atom is 0.230 e. The molecule has 0 radical (unpaired) electrons. The van der Waals surface area contributed by atoms with E-state index in [1.165, 1.54) is 30.2 Å². The molecule has 0 aromatic carbocycles. The van der Waals surface area contributed by atoms with Crippen LogP contribution in [0, 0.1) is 0 Å². The Hall–Kier alpha value is -2.25. The molecule has 2 aromatic rings. The highest BCUT2D eigenvalue weighted by Crippen LogP contribution is 2.14. The molecule has 0 unspecified atom stereocenters. The number of aromatic nitrogens is 1. The van der Waals surface area contributed by atoms with Crippen LogP contribution in [0.5, 0.6) is 0 Å². The molecule has 0 saturated carbocycles. The van der Waals surface area contributed by atoms with Gasteiger partial charge < -0.3 is 14.8 Å². The number of nitrogens with zero attached hydrogens (tertiary/aromatic N) is 2. The second-order valence-corrected chi connectivity index (χ2v) is 7.87. The van der Waals surface area contributed by atoms with Gasteiger partial charge in [0.15, 0.2) is 0 Å². The maximum absolute atomic E-state index is 11.8. The van der Waals surface area contributed by atoms with Crippen LogP contribution in [0.4, 0.5) is 0 Å². The number of aliphatic hydroxyl groups excluding tert-OH is 1. The fraction of sp³-hybridized carbons (Fsp3) is 0.429. The van der Waals surface area contributed by atoms with Gasteiger partial charge in [-0.2, -0.15) is 0 Å². The van der Waals surface area contributed by atoms with E-state index in [4.69, 9.17) is 4.42 Å². The minimum absolute atomic E-state index is 0.109. The average molecular weight is 402 g/mol. The van der Waals surface area contributed by atoms with Crippen molar-refractivity contribution in [1.82, 2.24) is 15.2 Å². The largest absolute Gasteiger partial charge is 0.511 e. The van der Waals surface area contributed by atoms with Gasteiger partial charge in [0.05, 0.1) is 24.3 Å². The minimum Gasteiger partial charge on any atom is -0.511 e. The fourth-order valence-corrected chi connectivity index (χ4v) is 3.87. The number of likely N-dealkylation sites (tertiary alicyclic amines) is 1. The van der Waals surface area contributed by atoms with Crippen LogP contribution < -0.4 is 5.32 Å². The number of carbonyl (C=O) groups is 1. The van der Waals surface area contributed by atoms with Gasteiger partial charge in [0, 0.05) is 24.9 Å². The van der Waals surface area contributed by atoms with Crippen LogP contribution in [0.3, 0.4) is 0 Å². The topological polar surface area (TPSA) is 78.6 Å². The van der Waals surface area contributed by atoms with E-state index in [0.717, 1.165) is 31.1 Å². The molecular formula is C21H27N3O3S. The van der Waals surface area contributed by atoms with Crippen molar-refractivity contribution in [3.8, 4) is 0 Å². The molecule has 28 heavy (non-hydrogen) atoms. The third kappa shape index (κ3) is 7.05. The number of amides is 1.